The van der Waals surface area contributed by atoms with E-state index in [1.54, 1.807) is 0 Å². The number of carbonyl (C=O) groups is 3. The summed E-state index contributed by atoms with van der Waals surface area (Å²) in [6, 6.07) is 0.0354. The van der Waals surface area contributed by atoms with Gasteiger partial charge in [0.15, 0.2) is 17.2 Å². The van der Waals surface area contributed by atoms with E-state index in [0.717, 1.165) is 115 Å². The predicted molar refractivity (Wildman–Crippen MR) is 241 cm³/mol. The molecule has 0 amide bonds. The maximum atomic E-state index is 15.5. The Balaban J connectivity index is 1.04. The van der Waals surface area contributed by atoms with E-state index < -0.39 is 29.0 Å². The summed E-state index contributed by atoms with van der Waals surface area (Å²) in [4.78, 5) is 45.7. The zero-order valence-corrected chi connectivity index (χ0v) is 38.6. The third-order valence-electron chi connectivity index (χ3n) is 17.1. The molecule has 4 heterocycles. The van der Waals surface area contributed by atoms with Crippen molar-refractivity contribution in [3.63, 3.8) is 0 Å². The number of ether oxygens (including phenoxy) is 2. The first-order chi connectivity index (χ1) is 29.8. The number of aliphatic hydroxyl groups is 1. The topological polar surface area (TPSA) is 179 Å². The van der Waals surface area contributed by atoms with Crippen molar-refractivity contribution in [2.75, 3.05) is 39.9 Å². The highest BCUT2D eigenvalue weighted by Gasteiger charge is 2.87. The molecular weight excluding hydrogens is 781 g/mol. The normalized spacial score (nSPS) is 40.9. The van der Waals surface area contributed by atoms with Crippen molar-refractivity contribution in [2.45, 2.75) is 166 Å². The fourth-order valence-electron chi connectivity index (χ4n) is 13.8. The molecule has 4 saturated heterocycles. The molecule has 8 N–H and O–H groups in total. The van der Waals surface area contributed by atoms with E-state index in [4.69, 9.17) is 15.2 Å². The highest BCUT2D eigenvalue weighted by molar-refractivity contribution is 6.23. The number of rotatable bonds is 16. The Labute approximate surface area is 371 Å². The zero-order valence-electron chi connectivity index (χ0n) is 38.6. The molecule has 12 nitrogen and oxygen atoms in total. The molecule has 12 heteroatoms. The van der Waals surface area contributed by atoms with Crippen LogP contribution in [0.15, 0.2) is 34.9 Å². The summed E-state index contributed by atoms with van der Waals surface area (Å²) in [7, 11) is 2.00. The quantitative estimate of drug-likeness (QED) is 0.0470. The monoisotopic (exact) mass is 861 g/mol. The number of carbonyl (C=O) groups excluding carboxylic acids is 3. The van der Waals surface area contributed by atoms with Crippen LogP contribution in [0.1, 0.15) is 130 Å². The standard InChI is InChI=1S/C50H80N6O6/c1-6-53-40-23-34-11-8-7-10-33(34)22-36(40)29-61-47(60)50-45(59)43-35(25-48(3,4)24-31-15-18-41(51)55-27-31)12-9-13-39(43)44(58)49(50,62-50)26-37(28-57)30(2)14-16-32-20-21-54-46-38(32)17-19-42(52-5)56-46/h8,11,23,31-33,35-36,38-43,46,52-57H,6-7,9-10,12-22,24-29,51H2,1-5H3. The van der Waals surface area contributed by atoms with Gasteiger partial charge >= 0.3 is 5.97 Å². The van der Waals surface area contributed by atoms with Gasteiger partial charge in [-0.3, -0.25) is 14.9 Å². The smallest absolute Gasteiger partial charge is 0.350 e. The largest absolute Gasteiger partial charge is 0.463 e. The molecule has 0 radical (unpaired) electrons. The number of nitrogens with one attached hydrogen (secondary N) is 5. The summed E-state index contributed by atoms with van der Waals surface area (Å²) in [5.41, 5.74) is 5.51. The Morgan fingerprint density at radius 1 is 1.03 bits per heavy atom. The van der Waals surface area contributed by atoms with Crippen LogP contribution in [0, 0.1) is 52.8 Å². The molecule has 346 valence electrons. The Kier molecular flexibility index (Phi) is 14.4. The first kappa shape index (κ1) is 46.2. The van der Waals surface area contributed by atoms with Gasteiger partial charge in [0.1, 0.15) is 0 Å². The van der Waals surface area contributed by atoms with E-state index >= 15 is 9.59 Å². The van der Waals surface area contributed by atoms with Crippen LogP contribution in [0.3, 0.4) is 0 Å². The lowest BCUT2D eigenvalue weighted by Crippen LogP contribution is -2.62. The third-order valence-corrected chi connectivity index (χ3v) is 17.1. The summed E-state index contributed by atoms with van der Waals surface area (Å²) >= 11 is 0. The van der Waals surface area contributed by atoms with Gasteiger partial charge in [-0.05, 0) is 170 Å². The fraction of sp³-hybridized carbons (Fsp3) is 0.820. The Bertz CT molecular complexity index is 1740. The van der Waals surface area contributed by atoms with Crippen LogP contribution in [0.2, 0.25) is 0 Å². The minimum Gasteiger partial charge on any atom is -0.463 e. The van der Waals surface area contributed by atoms with Crippen LogP contribution in [0.5, 0.6) is 0 Å². The van der Waals surface area contributed by atoms with Crippen molar-refractivity contribution in [3.8, 4) is 0 Å². The van der Waals surface area contributed by atoms with Gasteiger partial charge in [-0.15, -0.1) is 0 Å². The van der Waals surface area contributed by atoms with Gasteiger partial charge < -0.3 is 41.6 Å². The van der Waals surface area contributed by atoms with Crippen molar-refractivity contribution in [1.82, 2.24) is 26.6 Å². The first-order valence-corrected chi connectivity index (χ1v) is 24.8. The molecule has 0 spiro atoms. The number of hydrogen-bond acceptors (Lipinski definition) is 12. The lowest BCUT2D eigenvalue weighted by atomic mass is 9.55. The number of hydrogen-bond donors (Lipinski definition) is 7. The molecule has 6 fully saturated rings. The number of likely N-dealkylation sites (N-methyl/N-ethyl adjacent to an activating group) is 1. The van der Waals surface area contributed by atoms with E-state index in [1.807, 2.05) is 7.05 Å². The highest BCUT2D eigenvalue weighted by Crippen LogP contribution is 2.64. The Morgan fingerprint density at radius 2 is 1.87 bits per heavy atom. The van der Waals surface area contributed by atoms with Crippen molar-refractivity contribution in [1.29, 1.82) is 0 Å². The molecular formula is C50H80N6O6. The summed E-state index contributed by atoms with van der Waals surface area (Å²) in [6.07, 6.45) is 21.7. The SMILES string of the molecule is CCNC1C=C2C=CCCC2CC1COC(=O)C12OC1(CC(CO)=C(C)CCC1CCNC3NC(NC)CCC13)C(=O)C1CCCC(CC(C)(C)CC3CCC(N)NC3)C1C2=O. The number of Topliss-reactive ketones (excluding diaryl/α,β-unsaturated/α-hetero) is 2. The second-order valence-electron chi connectivity index (χ2n) is 21.7. The van der Waals surface area contributed by atoms with Gasteiger partial charge in [0.05, 0.1) is 31.7 Å². The first-order valence-electron chi connectivity index (χ1n) is 24.8. The maximum absolute atomic E-state index is 15.5. The molecule has 62 heavy (non-hydrogen) atoms. The predicted octanol–water partition coefficient (Wildman–Crippen LogP) is 5.16. The molecule has 0 aromatic heterocycles. The van der Waals surface area contributed by atoms with Gasteiger partial charge in [-0.1, -0.05) is 51.0 Å². The summed E-state index contributed by atoms with van der Waals surface area (Å²) in [5.74, 6) is -0.249. The molecule has 14 unspecified atom stereocenters. The second kappa shape index (κ2) is 19.3. The molecule has 2 saturated carbocycles. The van der Waals surface area contributed by atoms with E-state index in [0.29, 0.717) is 41.8 Å². The number of allylic oxidation sites excluding steroid dienone is 4. The van der Waals surface area contributed by atoms with E-state index in [2.05, 4.69) is 72.5 Å². The molecule has 0 bridgehead atoms. The number of epoxide rings is 1. The number of ketones is 2. The van der Waals surface area contributed by atoms with Gasteiger partial charge in [-0.25, -0.2) is 4.79 Å². The van der Waals surface area contributed by atoms with E-state index in [9.17, 15) is 9.90 Å². The van der Waals surface area contributed by atoms with Gasteiger partial charge in [0, 0.05) is 30.2 Å². The minimum absolute atomic E-state index is 0.0334. The lowest BCUT2D eigenvalue weighted by molar-refractivity contribution is -0.161. The van der Waals surface area contributed by atoms with Crippen LogP contribution < -0.4 is 32.3 Å². The van der Waals surface area contributed by atoms with Crippen molar-refractivity contribution in [3.05, 3.63) is 34.9 Å². The van der Waals surface area contributed by atoms with Crippen LogP contribution in [0.4, 0.5) is 0 Å². The van der Waals surface area contributed by atoms with Crippen molar-refractivity contribution >= 4 is 17.5 Å². The average Bonchev–Trinajstić information content (AvgIpc) is 3.97. The third kappa shape index (κ3) is 9.11. The van der Waals surface area contributed by atoms with Crippen molar-refractivity contribution in [2.24, 2.45) is 58.5 Å². The van der Waals surface area contributed by atoms with Gasteiger partial charge in [0.2, 0.25) is 0 Å². The Morgan fingerprint density at radius 3 is 2.63 bits per heavy atom. The van der Waals surface area contributed by atoms with Crippen LogP contribution in [0.25, 0.3) is 0 Å². The van der Waals surface area contributed by atoms with Crippen LogP contribution in [-0.2, 0) is 23.9 Å². The number of nitrogens with two attached hydrogens (primary N) is 1. The molecule has 0 aromatic carbocycles. The number of esters is 1. The van der Waals surface area contributed by atoms with Gasteiger partial charge in [0.25, 0.3) is 5.60 Å². The molecule has 8 rings (SSSR count). The average molecular weight is 861 g/mol. The minimum atomic E-state index is -1.99. The zero-order chi connectivity index (χ0) is 43.8. The molecule has 8 aliphatic rings. The summed E-state index contributed by atoms with van der Waals surface area (Å²) in [5, 5.41) is 28.9. The number of aliphatic hydroxyl groups excluding tert-OH is 1. The van der Waals surface area contributed by atoms with Gasteiger partial charge in [-0.2, -0.15) is 0 Å². The summed E-state index contributed by atoms with van der Waals surface area (Å²) < 4.78 is 12.9. The fourth-order valence-corrected chi connectivity index (χ4v) is 13.8. The maximum Gasteiger partial charge on any atom is 0.350 e. The van der Waals surface area contributed by atoms with Crippen molar-refractivity contribution < 1.29 is 29.0 Å². The summed E-state index contributed by atoms with van der Waals surface area (Å²) in [6.45, 7) is 11.3. The number of fused-ring (bicyclic) bond motifs is 4. The van der Waals surface area contributed by atoms with E-state index in [1.165, 1.54) is 5.57 Å². The molecule has 4 aliphatic carbocycles. The van der Waals surface area contributed by atoms with Crippen LogP contribution >= 0.6 is 0 Å². The highest BCUT2D eigenvalue weighted by atomic mass is 16.7. The second-order valence-corrected chi connectivity index (χ2v) is 21.7. The van der Waals surface area contributed by atoms with E-state index in [-0.39, 0.29) is 66.8 Å². The molecule has 14 atom stereocenters. The lowest BCUT2D eigenvalue weighted by Gasteiger charge is -2.45. The molecule has 4 aliphatic heterocycles. The van der Waals surface area contributed by atoms with Crippen LogP contribution in [-0.4, -0.2) is 98.3 Å². The molecule has 0 aromatic rings. The number of piperidine rings is 3. The Hall–Kier alpha value is -2.29.